The van der Waals surface area contributed by atoms with Gasteiger partial charge in [-0.15, -0.1) is 0 Å². The number of ether oxygens (including phenoxy) is 1. The van der Waals surface area contributed by atoms with E-state index in [2.05, 4.69) is 9.97 Å². The van der Waals surface area contributed by atoms with Gasteiger partial charge in [-0.3, -0.25) is 9.55 Å². The Morgan fingerprint density at radius 3 is 2.71 bits per heavy atom. The zero-order valence-electron chi connectivity index (χ0n) is 14.6. The van der Waals surface area contributed by atoms with Crippen LogP contribution in [0.3, 0.4) is 0 Å². The summed E-state index contributed by atoms with van der Waals surface area (Å²) in [5.41, 5.74) is 5.67. The van der Waals surface area contributed by atoms with E-state index in [1.165, 1.54) is 0 Å². The average molecular weight is 343 g/mol. The maximum atomic E-state index is 12.9. The average Bonchev–Trinajstić information content (AvgIpc) is 2.87. The van der Waals surface area contributed by atoms with Crippen molar-refractivity contribution in [2.75, 3.05) is 7.11 Å². The zero-order chi connectivity index (χ0) is 17.4. The minimum absolute atomic E-state index is 0.318. The maximum absolute atomic E-state index is 12.9. The molecule has 1 unspecified atom stereocenters. The lowest BCUT2D eigenvalue weighted by atomic mass is 10.1. The topological polar surface area (TPSA) is 63.0 Å². The van der Waals surface area contributed by atoms with Gasteiger partial charge in [0.15, 0.2) is 5.75 Å². The van der Waals surface area contributed by atoms with Crippen LogP contribution in [0, 0.1) is 20.8 Å². The van der Waals surface area contributed by atoms with Gasteiger partial charge in [0, 0.05) is 35.5 Å². The Kier molecular flexibility index (Phi) is 4.51. The molecule has 0 spiro atoms. The number of aryl methyl sites for hydroxylation is 3. The third-order valence-electron chi connectivity index (χ3n) is 4.22. The number of aromatic nitrogens is 3. The van der Waals surface area contributed by atoms with Crippen molar-refractivity contribution in [1.29, 1.82) is 0 Å². The first-order valence-electron chi connectivity index (χ1n) is 7.73. The molecule has 5 nitrogen and oxygen atoms in total. The Balaban J connectivity index is 1.96. The minimum atomic E-state index is -1.28. The molecule has 24 heavy (non-hydrogen) atoms. The van der Waals surface area contributed by atoms with E-state index in [0.29, 0.717) is 10.9 Å². The molecule has 0 saturated carbocycles. The van der Waals surface area contributed by atoms with Crippen LogP contribution in [0.5, 0.6) is 5.75 Å². The molecule has 126 valence electrons. The van der Waals surface area contributed by atoms with Crippen molar-refractivity contribution in [3.05, 3.63) is 46.8 Å². The summed E-state index contributed by atoms with van der Waals surface area (Å²) in [6.45, 7) is 5.92. The molecular formula is C18H21N3O2S. The zero-order valence-corrected chi connectivity index (χ0v) is 15.4. The van der Waals surface area contributed by atoms with Gasteiger partial charge in [-0.05, 0) is 38.5 Å². The van der Waals surface area contributed by atoms with Crippen molar-refractivity contribution >= 4 is 22.2 Å². The van der Waals surface area contributed by atoms with Gasteiger partial charge in [0.1, 0.15) is 5.75 Å². The number of benzene rings is 1. The predicted octanol–water partition coefficient (Wildman–Crippen LogP) is 3.21. The van der Waals surface area contributed by atoms with E-state index < -0.39 is 11.2 Å². The summed E-state index contributed by atoms with van der Waals surface area (Å²) in [5.74, 6) is 1.12. The van der Waals surface area contributed by atoms with Crippen LogP contribution in [-0.2, 0) is 24.0 Å². The predicted molar refractivity (Wildman–Crippen MR) is 95.8 cm³/mol. The largest absolute Gasteiger partial charge is 0.609 e. The van der Waals surface area contributed by atoms with Gasteiger partial charge >= 0.3 is 5.16 Å². The first-order chi connectivity index (χ1) is 11.4. The van der Waals surface area contributed by atoms with E-state index >= 15 is 0 Å². The summed E-state index contributed by atoms with van der Waals surface area (Å²) >= 11 is -1.28. The summed E-state index contributed by atoms with van der Waals surface area (Å²) in [6, 6.07) is 6.05. The van der Waals surface area contributed by atoms with Gasteiger partial charge in [0.2, 0.25) is 0 Å². The molecule has 3 aromatic rings. The van der Waals surface area contributed by atoms with Gasteiger partial charge in [0.25, 0.3) is 0 Å². The monoisotopic (exact) mass is 343 g/mol. The fraction of sp³-hybridized carbons (Fsp3) is 0.333. The van der Waals surface area contributed by atoms with Gasteiger partial charge < -0.3 is 9.29 Å². The SMILES string of the molecule is COc1c(C)cnc(C[S+]([O-])c2nc3cc(C)ccc3n2C)c1C. The van der Waals surface area contributed by atoms with E-state index in [4.69, 9.17) is 4.74 Å². The van der Waals surface area contributed by atoms with Crippen molar-refractivity contribution in [2.45, 2.75) is 31.7 Å². The first kappa shape index (κ1) is 16.8. The van der Waals surface area contributed by atoms with E-state index in [-0.39, 0.29) is 0 Å². The maximum Gasteiger partial charge on any atom is 0.324 e. The highest BCUT2D eigenvalue weighted by Gasteiger charge is 2.23. The van der Waals surface area contributed by atoms with Crippen molar-refractivity contribution < 1.29 is 9.29 Å². The molecule has 1 aromatic carbocycles. The molecule has 0 aliphatic carbocycles. The summed E-state index contributed by atoms with van der Waals surface area (Å²) in [5, 5.41) is 0.566. The van der Waals surface area contributed by atoms with Gasteiger partial charge in [-0.25, -0.2) is 0 Å². The quantitative estimate of drug-likeness (QED) is 0.683. The number of hydrogen-bond donors (Lipinski definition) is 0. The second-order valence-electron chi connectivity index (χ2n) is 5.98. The lowest BCUT2D eigenvalue weighted by molar-refractivity contribution is 0.407. The number of nitrogens with zero attached hydrogens (tertiary/aromatic N) is 3. The summed E-state index contributed by atoms with van der Waals surface area (Å²) in [4.78, 5) is 9.00. The Morgan fingerprint density at radius 2 is 2.00 bits per heavy atom. The van der Waals surface area contributed by atoms with Gasteiger partial charge in [0.05, 0.1) is 23.8 Å². The summed E-state index contributed by atoms with van der Waals surface area (Å²) < 4.78 is 20.2. The molecule has 0 aliphatic rings. The molecule has 0 amide bonds. The number of pyridine rings is 1. The molecule has 0 fully saturated rings. The number of rotatable bonds is 4. The molecule has 0 aliphatic heterocycles. The lowest BCUT2D eigenvalue weighted by Crippen LogP contribution is -2.13. The molecule has 0 bridgehead atoms. The van der Waals surface area contributed by atoms with E-state index in [1.54, 1.807) is 13.3 Å². The highest BCUT2D eigenvalue weighted by molar-refractivity contribution is 7.90. The Bertz CT molecular complexity index is 905. The highest BCUT2D eigenvalue weighted by Crippen LogP contribution is 2.27. The third kappa shape index (κ3) is 2.87. The molecule has 0 N–H and O–H groups in total. The second kappa shape index (κ2) is 6.45. The molecule has 1 atom stereocenters. The van der Waals surface area contributed by atoms with E-state index in [1.807, 2.05) is 50.6 Å². The van der Waals surface area contributed by atoms with Crippen molar-refractivity contribution in [3.8, 4) is 5.75 Å². The Hall–Kier alpha value is -2.05. The molecule has 2 heterocycles. The van der Waals surface area contributed by atoms with Crippen LogP contribution in [0.25, 0.3) is 11.0 Å². The van der Waals surface area contributed by atoms with Crippen LogP contribution in [0.4, 0.5) is 0 Å². The van der Waals surface area contributed by atoms with E-state index in [0.717, 1.165) is 39.2 Å². The molecule has 6 heteroatoms. The smallest absolute Gasteiger partial charge is 0.324 e. The van der Waals surface area contributed by atoms with Crippen LogP contribution in [0.15, 0.2) is 29.6 Å². The normalized spacial score (nSPS) is 12.6. The summed E-state index contributed by atoms with van der Waals surface area (Å²) in [6.07, 6.45) is 1.76. The number of fused-ring (bicyclic) bond motifs is 1. The van der Waals surface area contributed by atoms with Crippen molar-refractivity contribution in [1.82, 2.24) is 14.5 Å². The van der Waals surface area contributed by atoms with Crippen LogP contribution in [-0.4, -0.2) is 26.2 Å². The minimum Gasteiger partial charge on any atom is -0.609 e. The standard InChI is InChI=1S/C18H21N3O2S/c1-11-6-7-16-14(8-11)20-18(21(16)4)24(22)10-15-13(3)17(23-5)12(2)9-19-15/h6-9H,10H2,1-5H3. The molecule has 2 aromatic heterocycles. The fourth-order valence-corrected chi connectivity index (χ4v) is 4.17. The van der Waals surface area contributed by atoms with Crippen molar-refractivity contribution in [3.63, 3.8) is 0 Å². The van der Waals surface area contributed by atoms with Crippen LogP contribution >= 0.6 is 0 Å². The van der Waals surface area contributed by atoms with Crippen LogP contribution in [0.2, 0.25) is 0 Å². The molecule has 0 saturated heterocycles. The summed E-state index contributed by atoms with van der Waals surface area (Å²) in [7, 11) is 3.54. The molecule has 0 radical (unpaired) electrons. The highest BCUT2D eigenvalue weighted by atomic mass is 32.2. The Labute approximate surface area is 144 Å². The lowest BCUT2D eigenvalue weighted by Gasteiger charge is -2.14. The molecular weight excluding hydrogens is 322 g/mol. The second-order valence-corrected chi connectivity index (χ2v) is 7.33. The molecule has 3 rings (SSSR count). The third-order valence-corrected chi connectivity index (χ3v) is 5.52. The number of methoxy groups -OCH3 is 1. The number of hydrogen-bond acceptors (Lipinski definition) is 4. The van der Waals surface area contributed by atoms with Crippen LogP contribution in [0.1, 0.15) is 22.4 Å². The van der Waals surface area contributed by atoms with E-state index in [9.17, 15) is 4.55 Å². The van der Waals surface area contributed by atoms with Crippen molar-refractivity contribution in [2.24, 2.45) is 7.05 Å². The first-order valence-corrected chi connectivity index (χ1v) is 9.04. The van der Waals surface area contributed by atoms with Gasteiger partial charge in [-0.2, -0.15) is 4.98 Å². The number of imidazole rings is 1. The van der Waals surface area contributed by atoms with Gasteiger partial charge in [-0.1, -0.05) is 6.07 Å². The fourth-order valence-electron chi connectivity index (χ4n) is 2.90. The van der Waals surface area contributed by atoms with Crippen LogP contribution < -0.4 is 4.74 Å². The Morgan fingerprint density at radius 1 is 1.25 bits per heavy atom.